The highest BCUT2D eigenvalue weighted by Gasteiger charge is 2.16. The number of nitrogens with two attached hydrogens (primary N) is 1. The molecule has 0 unspecified atom stereocenters. The van der Waals surface area contributed by atoms with Crippen molar-refractivity contribution in [2.24, 2.45) is 5.73 Å². The van der Waals surface area contributed by atoms with Crippen LogP contribution in [0.2, 0.25) is 0 Å². The van der Waals surface area contributed by atoms with Gasteiger partial charge >= 0.3 is 6.03 Å². The number of fused-ring (bicyclic) bond motifs is 1. The van der Waals surface area contributed by atoms with E-state index in [4.69, 9.17) is 5.73 Å². The second kappa shape index (κ2) is 7.16. The zero-order valence-electron chi connectivity index (χ0n) is 16.5. The van der Waals surface area contributed by atoms with Crippen LogP contribution in [0.3, 0.4) is 0 Å². The summed E-state index contributed by atoms with van der Waals surface area (Å²) < 4.78 is 3.11. The first-order chi connectivity index (χ1) is 14.2. The number of aromatic amines is 1. The topological polar surface area (TPSA) is 144 Å². The van der Waals surface area contributed by atoms with Crippen LogP contribution < -0.4 is 16.6 Å². The lowest BCUT2D eigenvalue weighted by molar-refractivity contribution is 0.0604. The van der Waals surface area contributed by atoms with Crippen LogP contribution in [-0.2, 0) is 6.54 Å². The van der Waals surface area contributed by atoms with Crippen LogP contribution in [-0.4, -0.2) is 41.1 Å². The second-order valence-electron chi connectivity index (χ2n) is 7.61. The summed E-state index contributed by atoms with van der Waals surface area (Å²) >= 11 is 0. The van der Waals surface area contributed by atoms with Crippen molar-refractivity contribution in [3.63, 3.8) is 0 Å². The van der Waals surface area contributed by atoms with Crippen LogP contribution >= 0.6 is 0 Å². The number of urea groups is 1. The molecule has 0 aliphatic rings. The third-order valence-corrected chi connectivity index (χ3v) is 4.45. The van der Waals surface area contributed by atoms with Crippen molar-refractivity contribution in [1.29, 1.82) is 0 Å². The number of hydrogen-bond acceptors (Lipinski definition) is 5. The molecule has 1 aromatic carbocycles. The second-order valence-corrected chi connectivity index (χ2v) is 7.61. The predicted octanol–water partition coefficient (Wildman–Crippen LogP) is 1.84. The van der Waals surface area contributed by atoms with E-state index in [1.54, 1.807) is 49.3 Å². The molecule has 4 rings (SSSR count). The number of anilines is 1. The van der Waals surface area contributed by atoms with Gasteiger partial charge in [0.25, 0.3) is 5.56 Å². The van der Waals surface area contributed by atoms with E-state index >= 15 is 0 Å². The molecule has 10 nitrogen and oxygen atoms in total. The van der Waals surface area contributed by atoms with Gasteiger partial charge in [-0.05, 0) is 49.2 Å². The van der Waals surface area contributed by atoms with Gasteiger partial charge in [0.2, 0.25) is 5.95 Å². The smallest absolute Gasteiger partial charge is 0.318 e. The standard InChI is InChI=1S/C20H21N7O3/c1-20(2,30)11-26-7-4-12(10-16(26)28)13-8-14-17(24-19(23-14)25-18(21)29)15(9-13)27-6-3-5-22-27/h3-10,30H,11H2,1-2H3,(H4,21,23,24,25,29). The maximum atomic E-state index is 12.5. The first-order valence-corrected chi connectivity index (χ1v) is 9.23. The number of amides is 2. The van der Waals surface area contributed by atoms with Crippen molar-refractivity contribution in [3.8, 4) is 16.8 Å². The predicted molar refractivity (Wildman–Crippen MR) is 112 cm³/mol. The summed E-state index contributed by atoms with van der Waals surface area (Å²) in [6.07, 6.45) is 5.07. The van der Waals surface area contributed by atoms with Gasteiger partial charge in [0, 0.05) is 24.7 Å². The highest BCUT2D eigenvalue weighted by Crippen LogP contribution is 2.29. The van der Waals surface area contributed by atoms with Crippen LogP contribution in [0.25, 0.3) is 27.8 Å². The van der Waals surface area contributed by atoms with Gasteiger partial charge in [0.15, 0.2) is 0 Å². The van der Waals surface area contributed by atoms with E-state index in [0.29, 0.717) is 22.3 Å². The van der Waals surface area contributed by atoms with E-state index in [0.717, 1.165) is 5.56 Å². The minimum absolute atomic E-state index is 0.187. The molecule has 0 saturated heterocycles. The Morgan fingerprint density at radius 1 is 1.27 bits per heavy atom. The fourth-order valence-corrected chi connectivity index (χ4v) is 3.26. The van der Waals surface area contributed by atoms with Gasteiger partial charge in [-0.25, -0.2) is 14.5 Å². The molecule has 0 atom stereocenters. The number of aromatic nitrogens is 5. The number of rotatable bonds is 5. The molecule has 5 N–H and O–H groups in total. The summed E-state index contributed by atoms with van der Waals surface area (Å²) in [4.78, 5) is 31.2. The average Bonchev–Trinajstić information content (AvgIpc) is 3.30. The number of hydrogen-bond donors (Lipinski definition) is 4. The van der Waals surface area contributed by atoms with E-state index in [2.05, 4.69) is 20.4 Å². The lowest BCUT2D eigenvalue weighted by Gasteiger charge is -2.18. The Bertz CT molecular complexity index is 1280. The summed E-state index contributed by atoms with van der Waals surface area (Å²) in [6, 6.07) is 8.06. The van der Waals surface area contributed by atoms with Gasteiger partial charge < -0.3 is 20.4 Å². The number of nitrogens with one attached hydrogen (secondary N) is 2. The van der Waals surface area contributed by atoms with Crippen LogP contribution in [0.5, 0.6) is 0 Å². The molecule has 0 spiro atoms. The Labute approximate surface area is 171 Å². The summed E-state index contributed by atoms with van der Waals surface area (Å²) in [5.41, 5.74) is 7.31. The van der Waals surface area contributed by atoms with E-state index < -0.39 is 11.6 Å². The third-order valence-electron chi connectivity index (χ3n) is 4.45. The molecular formula is C20H21N7O3. The van der Waals surface area contributed by atoms with Gasteiger partial charge in [0.1, 0.15) is 5.52 Å². The molecular weight excluding hydrogens is 386 g/mol. The molecule has 154 valence electrons. The lowest BCUT2D eigenvalue weighted by Crippen LogP contribution is -2.32. The van der Waals surface area contributed by atoms with Gasteiger partial charge in [-0.3, -0.25) is 10.1 Å². The Hall–Kier alpha value is -3.92. The van der Waals surface area contributed by atoms with Crippen LogP contribution in [0.15, 0.2) is 53.7 Å². The van der Waals surface area contributed by atoms with E-state index in [9.17, 15) is 14.7 Å². The normalized spacial score (nSPS) is 11.7. The van der Waals surface area contributed by atoms with Crippen molar-refractivity contribution in [2.45, 2.75) is 26.0 Å². The molecule has 0 aliphatic heterocycles. The van der Waals surface area contributed by atoms with Crippen molar-refractivity contribution >= 4 is 23.0 Å². The van der Waals surface area contributed by atoms with E-state index in [-0.39, 0.29) is 18.1 Å². The Morgan fingerprint density at radius 3 is 2.70 bits per heavy atom. The molecule has 0 aliphatic carbocycles. The zero-order chi connectivity index (χ0) is 21.5. The number of carbonyl (C=O) groups excluding carboxylic acids is 1. The maximum absolute atomic E-state index is 12.5. The Morgan fingerprint density at radius 2 is 2.07 bits per heavy atom. The van der Waals surface area contributed by atoms with E-state index in [1.165, 1.54) is 10.6 Å². The molecule has 0 fully saturated rings. The molecule has 0 radical (unpaired) electrons. The third kappa shape index (κ3) is 3.94. The van der Waals surface area contributed by atoms with Gasteiger partial charge in [-0.2, -0.15) is 5.10 Å². The molecule has 0 saturated carbocycles. The van der Waals surface area contributed by atoms with Gasteiger partial charge in [-0.15, -0.1) is 0 Å². The van der Waals surface area contributed by atoms with Crippen molar-refractivity contribution in [3.05, 3.63) is 59.3 Å². The number of primary amides is 1. The molecule has 0 bridgehead atoms. The van der Waals surface area contributed by atoms with E-state index in [1.807, 2.05) is 12.1 Å². The summed E-state index contributed by atoms with van der Waals surface area (Å²) in [7, 11) is 0. The number of carbonyl (C=O) groups is 1. The Kier molecular flexibility index (Phi) is 4.63. The highest BCUT2D eigenvalue weighted by molar-refractivity contribution is 5.93. The fraction of sp³-hybridized carbons (Fsp3) is 0.200. The average molecular weight is 407 g/mol. The summed E-state index contributed by atoms with van der Waals surface area (Å²) in [5.74, 6) is 0.212. The minimum atomic E-state index is -1.00. The van der Waals surface area contributed by atoms with Crippen molar-refractivity contribution in [1.82, 2.24) is 24.3 Å². The monoisotopic (exact) mass is 407 g/mol. The van der Waals surface area contributed by atoms with Crippen LogP contribution in [0.1, 0.15) is 13.8 Å². The minimum Gasteiger partial charge on any atom is -0.389 e. The van der Waals surface area contributed by atoms with Crippen molar-refractivity contribution < 1.29 is 9.90 Å². The first-order valence-electron chi connectivity index (χ1n) is 9.23. The number of aliphatic hydroxyl groups is 1. The number of benzene rings is 1. The first kappa shape index (κ1) is 19.4. The summed E-state index contributed by atoms with van der Waals surface area (Å²) in [6.45, 7) is 3.48. The van der Waals surface area contributed by atoms with Crippen LogP contribution in [0.4, 0.5) is 10.7 Å². The number of imidazole rings is 1. The molecule has 3 heterocycles. The Balaban J connectivity index is 1.84. The quantitative estimate of drug-likeness (QED) is 0.399. The van der Waals surface area contributed by atoms with Gasteiger partial charge in [0.05, 0.1) is 23.3 Å². The lowest BCUT2D eigenvalue weighted by atomic mass is 10.0. The largest absolute Gasteiger partial charge is 0.389 e. The van der Waals surface area contributed by atoms with Gasteiger partial charge in [-0.1, -0.05) is 0 Å². The number of nitrogens with zero attached hydrogens (tertiary/aromatic N) is 4. The zero-order valence-corrected chi connectivity index (χ0v) is 16.5. The summed E-state index contributed by atoms with van der Waals surface area (Å²) in [5, 5.41) is 16.7. The fourth-order valence-electron chi connectivity index (χ4n) is 3.26. The molecule has 30 heavy (non-hydrogen) atoms. The SMILES string of the molecule is CC(C)(O)Cn1ccc(-c2cc(-n3cccn3)c3nc(NC(N)=O)[nH]c3c2)cc1=O. The molecule has 4 aromatic rings. The van der Waals surface area contributed by atoms with Crippen molar-refractivity contribution in [2.75, 3.05) is 5.32 Å². The molecule has 10 heteroatoms. The van der Waals surface area contributed by atoms with Crippen LogP contribution in [0, 0.1) is 0 Å². The number of pyridine rings is 1. The number of H-pyrrole nitrogens is 1. The highest BCUT2D eigenvalue weighted by atomic mass is 16.3. The molecule has 2 amide bonds. The molecule has 3 aromatic heterocycles. The maximum Gasteiger partial charge on any atom is 0.318 e.